The van der Waals surface area contributed by atoms with Crippen LogP contribution in [0.1, 0.15) is 0 Å². The van der Waals surface area contributed by atoms with Crippen LogP contribution in [0.15, 0.2) is 281 Å². The number of halogens is 1. The van der Waals surface area contributed by atoms with E-state index < -0.39 is 7.12 Å². The van der Waals surface area contributed by atoms with Gasteiger partial charge >= 0.3 is 18.5 Å². The zero-order valence-corrected chi connectivity index (χ0v) is 50.3. The Kier molecular flexibility index (Phi) is 13.1. The highest BCUT2D eigenvalue weighted by atomic mass is 79.9. The van der Waals surface area contributed by atoms with Crippen LogP contribution >= 0.6 is 15.9 Å². The van der Waals surface area contributed by atoms with Crippen LogP contribution < -0.4 is 16.8 Å². The van der Waals surface area contributed by atoms with Crippen LogP contribution in [0, 0.1) is 0 Å². The zero-order valence-electron chi connectivity index (χ0n) is 48.8. The normalized spacial score (nSPS) is 11.7. The molecule has 2 N–H and O–H groups in total. The molecule has 14 aromatic carbocycles. The summed E-state index contributed by atoms with van der Waals surface area (Å²) in [7, 11) is 2.11. The molecule has 0 unspecified atom stereocenters. The lowest BCUT2D eigenvalue weighted by Gasteiger charge is -2.18. The number of imidazole rings is 2. The lowest BCUT2D eigenvalue weighted by atomic mass is 9.72. The van der Waals surface area contributed by atoms with Crippen molar-refractivity contribution in [3.63, 3.8) is 0 Å². The van der Waals surface area contributed by atoms with Gasteiger partial charge in [-0.25, -0.2) is 28.4 Å². The summed E-state index contributed by atoms with van der Waals surface area (Å²) in [5.41, 5.74) is 13.7. The van der Waals surface area contributed by atoms with E-state index in [0.717, 1.165) is 86.6 Å². The number of benzene rings is 14. The number of nitrogens with zero attached hydrogens (tertiary/aromatic N) is 6. The molecule has 4 aromatic heterocycles. The number of fused-ring (bicyclic) bond motifs is 16. The van der Waals surface area contributed by atoms with Gasteiger partial charge in [0.15, 0.2) is 11.3 Å². The number of hydrogen-bond donors (Lipinski definition) is 2. The van der Waals surface area contributed by atoms with Crippen molar-refractivity contribution in [2.24, 2.45) is 14.1 Å². The van der Waals surface area contributed by atoms with Gasteiger partial charge in [-0.05, 0) is 170 Å². The first-order chi connectivity index (χ1) is 44.1. The third-order valence-electron chi connectivity index (χ3n) is 17.8. The molecule has 0 fully saturated rings. The van der Waals surface area contributed by atoms with Gasteiger partial charge < -0.3 is 10.0 Å². The Morgan fingerprint density at radius 3 is 1.10 bits per heavy atom. The van der Waals surface area contributed by atoms with E-state index in [9.17, 15) is 19.6 Å². The number of para-hydroxylation sites is 4. The van der Waals surface area contributed by atoms with Gasteiger partial charge in [0, 0.05) is 29.3 Å². The van der Waals surface area contributed by atoms with E-state index in [1.54, 1.807) is 25.0 Å². The molecule has 0 saturated carbocycles. The van der Waals surface area contributed by atoms with Gasteiger partial charge in [-0.1, -0.05) is 216 Å². The molecule has 0 saturated heterocycles. The van der Waals surface area contributed by atoms with E-state index in [-0.39, 0.29) is 11.4 Å². The molecule has 90 heavy (non-hydrogen) atoms. The van der Waals surface area contributed by atoms with Crippen molar-refractivity contribution in [2.45, 2.75) is 0 Å². The summed E-state index contributed by atoms with van der Waals surface area (Å²) in [6, 6.07) is 91.2. The lowest BCUT2D eigenvalue weighted by molar-refractivity contribution is 0.426. The first kappa shape index (κ1) is 54.4. The minimum absolute atomic E-state index is 0.0840. The SMILES string of the molecule is Cn1c(=O)n2c3ccccc3nc2c2ccc(-c3c4ccccc4c(-c4ccc5ccccc5c4)c4ccccc34)cc21.Cn1c(=O)n2c3ccccc3nc2c2ccc(Br)cc21.OB(O)c1c2ccccc2c(-c2ccc3ccccc3c2)c2ccccc12. The first-order valence-electron chi connectivity index (χ1n) is 29.7. The second kappa shape index (κ2) is 21.7. The van der Waals surface area contributed by atoms with E-state index in [0.29, 0.717) is 16.8 Å². The number of hydrogen-bond acceptors (Lipinski definition) is 6. The van der Waals surface area contributed by atoms with E-state index in [2.05, 4.69) is 173 Å². The molecule has 0 bridgehead atoms. The Labute approximate surface area is 522 Å². The van der Waals surface area contributed by atoms with Crippen LogP contribution in [0.5, 0.6) is 0 Å². The number of aromatic nitrogens is 6. The molecule has 0 aliphatic rings. The van der Waals surface area contributed by atoms with Crippen molar-refractivity contribution in [3.8, 4) is 33.4 Å². The van der Waals surface area contributed by atoms with Gasteiger partial charge in [-0.3, -0.25) is 9.13 Å². The maximum Gasteiger partial charge on any atom is 0.489 e. The van der Waals surface area contributed by atoms with Gasteiger partial charge in [0.2, 0.25) is 0 Å². The summed E-state index contributed by atoms with van der Waals surface area (Å²) in [5, 5.41) is 35.5. The molecule has 18 rings (SSSR count). The minimum atomic E-state index is -1.52. The predicted octanol–water partition coefficient (Wildman–Crippen LogP) is 16.7. The highest BCUT2D eigenvalue weighted by molar-refractivity contribution is 9.10. The second-order valence-electron chi connectivity index (χ2n) is 22.8. The summed E-state index contributed by atoms with van der Waals surface area (Å²) >= 11 is 3.45. The van der Waals surface area contributed by atoms with E-state index in [4.69, 9.17) is 4.98 Å². The van der Waals surface area contributed by atoms with Crippen LogP contribution in [0.2, 0.25) is 0 Å². The quantitative estimate of drug-likeness (QED) is 0.134. The molecule has 0 spiro atoms. The minimum Gasteiger partial charge on any atom is -0.423 e. The smallest absolute Gasteiger partial charge is 0.423 e. The maximum absolute atomic E-state index is 13.7. The van der Waals surface area contributed by atoms with E-state index >= 15 is 0 Å². The monoisotopic (exact) mass is 1230 g/mol. The van der Waals surface area contributed by atoms with Crippen molar-refractivity contribution in [1.82, 2.24) is 27.9 Å². The van der Waals surface area contributed by atoms with Gasteiger partial charge in [0.1, 0.15) is 0 Å². The number of rotatable bonds is 4. The van der Waals surface area contributed by atoms with Crippen molar-refractivity contribution in [2.75, 3.05) is 0 Å². The summed E-state index contributed by atoms with van der Waals surface area (Å²) < 4.78 is 7.74. The average Bonchev–Trinajstić information content (AvgIpc) is 1.07. The Hall–Kier alpha value is -11.0. The molecular formula is C78H52BBrN6O4. The molecule has 10 nitrogen and oxygen atoms in total. The number of aryl methyl sites for hydroxylation is 2. The van der Waals surface area contributed by atoms with Crippen molar-refractivity contribution >= 4 is 148 Å². The molecule has 4 heterocycles. The molecule has 18 aromatic rings. The van der Waals surface area contributed by atoms with Gasteiger partial charge in [-0.2, -0.15) is 0 Å². The van der Waals surface area contributed by atoms with Crippen LogP contribution in [0.4, 0.5) is 0 Å². The Bertz CT molecular complexity index is 6030. The molecule has 0 radical (unpaired) electrons. The molecule has 0 aliphatic carbocycles. The summed E-state index contributed by atoms with van der Waals surface area (Å²) in [4.78, 5) is 35.7. The zero-order chi connectivity index (χ0) is 60.9. The van der Waals surface area contributed by atoms with E-state index in [1.165, 1.54) is 59.8 Å². The fourth-order valence-corrected chi connectivity index (χ4v) is 14.0. The molecular weight excluding hydrogens is 1180 g/mol. The Morgan fingerprint density at radius 1 is 0.333 bits per heavy atom. The Balaban J connectivity index is 0.000000118. The first-order valence-corrected chi connectivity index (χ1v) is 30.5. The van der Waals surface area contributed by atoms with Crippen LogP contribution in [0.3, 0.4) is 0 Å². The van der Waals surface area contributed by atoms with Crippen LogP contribution in [-0.2, 0) is 14.1 Å². The maximum atomic E-state index is 13.7. The fraction of sp³-hybridized carbons (Fsp3) is 0.0256. The van der Waals surface area contributed by atoms with Crippen molar-refractivity contribution < 1.29 is 10.0 Å². The second-order valence-corrected chi connectivity index (χ2v) is 23.7. The lowest BCUT2D eigenvalue weighted by Crippen LogP contribution is -2.31. The summed E-state index contributed by atoms with van der Waals surface area (Å²) in [6.45, 7) is 0. The van der Waals surface area contributed by atoms with Gasteiger partial charge in [0.05, 0.1) is 33.1 Å². The van der Waals surface area contributed by atoms with Gasteiger partial charge in [-0.15, -0.1) is 0 Å². The van der Waals surface area contributed by atoms with Crippen molar-refractivity contribution in [1.29, 1.82) is 0 Å². The summed E-state index contributed by atoms with van der Waals surface area (Å²) in [6.07, 6.45) is 0. The fourth-order valence-electron chi connectivity index (χ4n) is 13.6. The highest BCUT2D eigenvalue weighted by Gasteiger charge is 2.24. The van der Waals surface area contributed by atoms with Crippen LogP contribution in [-0.4, -0.2) is 45.1 Å². The van der Waals surface area contributed by atoms with Gasteiger partial charge in [0.25, 0.3) is 0 Å². The predicted molar refractivity (Wildman–Crippen MR) is 376 cm³/mol. The summed E-state index contributed by atoms with van der Waals surface area (Å²) in [5.74, 6) is 0. The van der Waals surface area contributed by atoms with E-state index in [1.807, 2.05) is 122 Å². The molecule has 0 atom stereocenters. The molecule has 428 valence electrons. The van der Waals surface area contributed by atoms with Crippen LogP contribution in [0.25, 0.3) is 153 Å². The standard InChI is InChI=1S/C39H25N3O.C24H17BO2.C15H10BrN3O/c1-41-35-23-27(20-21-32(35)38-40-33-16-8-9-17-34(33)42(38)39(41)43)37-30-14-6-4-12-28(30)36(29-13-5-7-15-31(29)37)26-19-18-24-10-2-3-11-25(24)22-26;26-25(27)24-21-11-5-3-9-19(21)23(20-10-4-6-12-22(20)24)18-14-13-16-7-1-2-8-17(16)15-18;1-18-13-8-9(16)6-7-10(13)14-17-11-4-2-3-5-12(11)19(14)15(18)20/h2-23H,1H3;1-15,26-27H;2-8H,1H3. The third-order valence-corrected chi connectivity index (χ3v) is 18.3. The Morgan fingerprint density at radius 2 is 0.667 bits per heavy atom. The largest absolute Gasteiger partial charge is 0.489 e. The average molecular weight is 1230 g/mol. The topological polar surface area (TPSA) is 119 Å². The molecule has 0 aliphatic heterocycles. The molecule has 12 heteroatoms. The molecule has 0 amide bonds. The highest BCUT2D eigenvalue weighted by Crippen LogP contribution is 2.45. The third kappa shape index (κ3) is 8.78. The van der Waals surface area contributed by atoms with Crippen molar-refractivity contribution in [3.05, 3.63) is 292 Å².